The van der Waals surface area contributed by atoms with E-state index < -0.39 is 53.2 Å². The number of amidine groups is 1. The van der Waals surface area contributed by atoms with Crippen LogP contribution in [0.25, 0.3) is 0 Å². The van der Waals surface area contributed by atoms with Gasteiger partial charge in [0, 0.05) is 18.4 Å². The van der Waals surface area contributed by atoms with Crippen molar-refractivity contribution in [3.05, 3.63) is 65.0 Å². The van der Waals surface area contributed by atoms with E-state index in [1.165, 1.54) is 18.2 Å². The Kier molecular flexibility index (Phi) is 4.68. The van der Waals surface area contributed by atoms with Crippen molar-refractivity contribution in [3.63, 3.8) is 0 Å². The van der Waals surface area contributed by atoms with Crippen molar-refractivity contribution in [2.24, 2.45) is 10.7 Å². The lowest BCUT2D eigenvalue weighted by Crippen LogP contribution is -2.58. The summed E-state index contributed by atoms with van der Waals surface area (Å²) in [7, 11) is 0. The number of alkyl halides is 2. The fraction of sp³-hybridized carbons (Fsp3) is 0.381. The first kappa shape index (κ1) is 20.5. The number of carbonyl (C=O) groups excluding carboxylic acids is 1. The molecule has 0 spiro atoms. The number of fused-ring (bicyclic) bond motifs is 1. The lowest BCUT2D eigenvalue weighted by molar-refractivity contribution is 0.0234. The van der Waals surface area contributed by atoms with Crippen LogP contribution in [0, 0.1) is 11.6 Å². The molecule has 9 heteroatoms. The summed E-state index contributed by atoms with van der Waals surface area (Å²) in [6, 6.07) is 6.14. The molecule has 30 heavy (non-hydrogen) atoms. The number of aromatic nitrogens is 1. The maximum Gasteiger partial charge on any atom is 0.185 e. The van der Waals surface area contributed by atoms with Gasteiger partial charge in [0.25, 0.3) is 0 Å². The second-order valence-electron chi connectivity index (χ2n) is 7.97. The molecule has 2 N–H and O–H groups in total. The number of hydrogen-bond donors (Lipinski definition) is 1. The highest BCUT2D eigenvalue weighted by atomic mass is 19.2. The van der Waals surface area contributed by atoms with Gasteiger partial charge in [-0.2, -0.15) is 0 Å². The molecule has 0 radical (unpaired) electrons. The topological polar surface area (TPSA) is 77.6 Å². The molecule has 0 aliphatic carbocycles. The number of nitrogens with zero attached hydrogens (tertiary/aromatic N) is 2. The van der Waals surface area contributed by atoms with E-state index in [1.807, 2.05) is 0 Å². The molecule has 0 saturated carbocycles. The summed E-state index contributed by atoms with van der Waals surface area (Å²) in [6.07, 6.45) is 0.114. The average Bonchev–Trinajstić information content (AvgIpc) is 2.99. The zero-order valence-corrected chi connectivity index (χ0v) is 16.1. The van der Waals surface area contributed by atoms with Crippen LogP contribution in [0.2, 0.25) is 0 Å². The number of ether oxygens (including phenoxy) is 1. The molecule has 3 atom stereocenters. The summed E-state index contributed by atoms with van der Waals surface area (Å²) < 4.78 is 63.6. The second-order valence-corrected chi connectivity index (χ2v) is 7.97. The van der Waals surface area contributed by atoms with E-state index in [9.17, 15) is 18.0 Å². The van der Waals surface area contributed by atoms with Crippen molar-refractivity contribution >= 4 is 11.6 Å². The number of rotatable bonds is 4. The van der Waals surface area contributed by atoms with Crippen LogP contribution in [0.4, 0.5) is 17.6 Å². The molecule has 1 aromatic carbocycles. The Morgan fingerprint density at radius 1 is 1.20 bits per heavy atom. The lowest BCUT2D eigenvalue weighted by atomic mass is 9.70. The molecule has 1 aromatic heterocycles. The first-order chi connectivity index (χ1) is 14.1. The van der Waals surface area contributed by atoms with Gasteiger partial charge < -0.3 is 10.5 Å². The Bertz CT molecular complexity index is 1040. The summed E-state index contributed by atoms with van der Waals surface area (Å²) in [6.45, 7) is 0.357. The minimum Gasteiger partial charge on any atom is -0.385 e. The molecule has 1 saturated heterocycles. The van der Waals surface area contributed by atoms with Gasteiger partial charge in [-0.3, -0.25) is 14.8 Å². The van der Waals surface area contributed by atoms with Crippen LogP contribution in [0.3, 0.4) is 0 Å². The predicted octanol–water partition coefficient (Wildman–Crippen LogP) is 3.21. The highest BCUT2D eigenvalue weighted by Crippen LogP contribution is 2.53. The number of pyridine rings is 1. The zero-order chi connectivity index (χ0) is 21.7. The van der Waals surface area contributed by atoms with E-state index in [1.54, 1.807) is 0 Å². The first-order valence-corrected chi connectivity index (χ1v) is 9.31. The Hall–Kier alpha value is -2.81. The van der Waals surface area contributed by atoms with Crippen LogP contribution in [0.1, 0.15) is 35.0 Å². The number of Topliss-reactive ketones (excluding diaryl/α,β-unsaturated/α-hetero) is 1. The van der Waals surface area contributed by atoms with Crippen molar-refractivity contribution in [3.8, 4) is 0 Å². The van der Waals surface area contributed by atoms with Gasteiger partial charge in [0.2, 0.25) is 0 Å². The lowest BCUT2D eigenvalue weighted by Gasteiger charge is -2.43. The van der Waals surface area contributed by atoms with Crippen LogP contribution >= 0.6 is 0 Å². The Balaban J connectivity index is 1.74. The summed E-state index contributed by atoms with van der Waals surface area (Å²) in [5, 5.41) is 0. The molecule has 0 bridgehead atoms. The zero-order valence-electron chi connectivity index (χ0n) is 16.1. The molecule has 5 nitrogen and oxygen atoms in total. The fourth-order valence-electron chi connectivity index (χ4n) is 4.07. The van der Waals surface area contributed by atoms with Crippen molar-refractivity contribution in [1.29, 1.82) is 0 Å². The number of ketones is 1. The average molecular weight is 421 g/mol. The van der Waals surface area contributed by atoms with Crippen molar-refractivity contribution in [2.75, 3.05) is 13.2 Å². The highest BCUT2D eigenvalue weighted by Gasteiger charge is 2.65. The number of benzene rings is 1. The monoisotopic (exact) mass is 421 g/mol. The standard InChI is InChI=1S/C21H19F4N3O2/c1-19(24)9-20(25)10-30-11-21(20,28-18(19)26)14-6-12(2-4-15(14)23)7-17(29)16-5-3-13(22)8-27-16/h2-6,8H,7,9-11H2,1H3,(H2,26,28)/t19-,20-,21+/m0/s1. The van der Waals surface area contributed by atoms with Gasteiger partial charge >= 0.3 is 0 Å². The van der Waals surface area contributed by atoms with Gasteiger partial charge in [-0.1, -0.05) is 6.07 Å². The summed E-state index contributed by atoms with van der Waals surface area (Å²) in [4.78, 5) is 20.2. The number of carbonyl (C=O) groups is 1. The van der Waals surface area contributed by atoms with Crippen LogP contribution in [0.15, 0.2) is 41.5 Å². The minimum absolute atomic E-state index is 0.0394. The molecule has 0 unspecified atom stereocenters. The highest BCUT2D eigenvalue weighted by molar-refractivity contribution is 5.95. The van der Waals surface area contributed by atoms with E-state index in [2.05, 4.69) is 9.98 Å². The quantitative estimate of drug-likeness (QED) is 0.608. The van der Waals surface area contributed by atoms with Gasteiger partial charge in [-0.05, 0) is 36.8 Å². The van der Waals surface area contributed by atoms with Crippen molar-refractivity contribution in [1.82, 2.24) is 4.98 Å². The number of hydrogen-bond acceptors (Lipinski definition) is 5. The minimum atomic E-state index is -2.30. The number of nitrogens with two attached hydrogens (primary N) is 1. The fourth-order valence-corrected chi connectivity index (χ4v) is 4.07. The maximum atomic E-state index is 15.8. The molecule has 158 valence electrons. The van der Waals surface area contributed by atoms with Crippen LogP contribution in [-0.2, 0) is 16.7 Å². The van der Waals surface area contributed by atoms with Gasteiger partial charge in [0.1, 0.15) is 28.7 Å². The number of aliphatic imine (C=N–C) groups is 1. The number of halogens is 4. The second kappa shape index (κ2) is 6.87. The summed E-state index contributed by atoms with van der Waals surface area (Å²) in [5.41, 5.74) is -0.343. The molecule has 2 aliphatic rings. The Morgan fingerprint density at radius 2 is 1.97 bits per heavy atom. The third kappa shape index (κ3) is 3.17. The van der Waals surface area contributed by atoms with Crippen molar-refractivity contribution < 1.29 is 27.1 Å². The van der Waals surface area contributed by atoms with Crippen molar-refractivity contribution in [2.45, 2.75) is 36.6 Å². The largest absolute Gasteiger partial charge is 0.385 e. The molecule has 3 heterocycles. The van der Waals surface area contributed by atoms with E-state index >= 15 is 4.39 Å². The summed E-state index contributed by atoms with van der Waals surface area (Å²) >= 11 is 0. The smallest absolute Gasteiger partial charge is 0.185 e. The third-order valence-corrected chi connectivity index (χ3v) is 5.69. The SMILES string of the molecule is C[C@]1(F)C[C@]2(F)COC[C@]2(c2cc(CC(=O)c3ccc(F)cn3)ccc2F)N=C1N. The van der Waals surface area contributed by atoms with Crippen LogP contribution < -0.4 is 5.73 Å². The predicted molar refractivity (Wildman–Crippen MR) is 101 cm³/mol. The maximum absolute atomic E-state index is 15.8. The molecule has 2 aliphatic heterocycles. The molecule has 1 fully saturated rings. The first-order valence-electron chi connectivity index (χ1n) is 9.31. The van der Waals surface area contributed by atoms with Gasteiger partial charge in [0.05, 0.1) is 19.4 Å². The third-order valence-electron chi connectivity index (χ3n) is 5.69. The van der Waals surface area contributed by atoms with Crippen LogP contribution in [-0.4, -0.2) is 41.2 Å². The molecule has 2 aromatic rings. The van der Waals surface area contributed by atoms with E-state index in [0.29, 0.717) is 5.56 Å². The molecule has 4 rings (SSSR count). The Labute approximate surface area is 170 Å². The normalized spacial score (nSPS) is 30.6. The van der Waals surface area contributed by atoms with Crippen LogP contribution in [0.5, 0.6) is 0 Å². The molecule has 0 amide bonds. The van der Waals surface area contributed by atoms with Gasteiger partial charge in [0.15, 0.2) is 17.1 Å². The van der Waals surface area contributed by atoms with Gasteiger partial charge in [-0.15, -0.1) is 0 Å². The van der Waals surface area contributed by atoms with E-state index in [4.69, 9.17) is 10.5 Å². The summed E-state index contributed by atoms with van der Waals surface area (Å²) in [5.74, 6) is -2.21. The van der Waals surface area contributed by atoms with E-state index in [-0.39, 0.29) is 24.3 Å². The Morgan fingerprint density at radius 3 is 2.67 bits per heavy atom. The van der Waals surface area contributed by atoms with Gasteiger partial charge in [-0.25, -0.2) is 17.6 Å². The molecular formula is C21H19F4N3O2. The molecular weight excluding hydrogens is 402 g/mol. The van der Waals surface area contributed by atoms with E-state index in [0.717, 1.165) is 25.3 Å².